The van der Waals surface area contributed by atoms with Crippen LogP contribution in [0.25, 0.3) is 0 Å². The van der Waals surface area contributed by atoms with E-state index in [0.717, 1.165) is 0 Å². The second-order valence-electron chi connectivity index (χ2n) is 0.894. The topological polar surface area (TPSA) is 172 Å². The van der Waals surface area contributed by atoms with E-state index in [2.05, 4.69) is 0 Å². The third kappa shape index (κ3) is 188. The zero-order valence-corrected chi connectivity index (χ0v) is 23.3. The average Bonchev–Trinajstić information content (AvgIpc) is 1.12. The Morgan fingerprint density at radius 2 is 0.538 bits per heavy atom. The molecule has 0 bridgehead atoms. The number of hydrogen-bond donors (Lipinski definition) is 0. The maximum Gasteiger partial charge on any atom is 2.00 e. The molecule has 0 aliphatic carbocycles. The minimum Gasteiger partial charge on any atom is 2.00 e. The summed E-state index contributed by atoms with van der Waals surface area (Å²) in [6, 6.07) is 0. The van der Waals surface area contributed by atoms with Crippen molar-refractivity contribution in [1.82, 2.24) is 0 Å². The van der Waals surface area contributed by atoms with Crippen molar-refractivity contribution in [3.8, 4) is 0 Å². The van der Waals surface area contributed by atoms with Crippen molar-refractivity contribution in [1.29, 1.82) is 0 Å². The second-order valence-corrected chi connectivity index (χ2v) is 6.00. The molecule has 0 aromatic carbocycles. The molecule has 0 amide bonds. The number of rotatable bonds is 0. The molecule has 0 saturated heterocycles. The summed E-state index contributed by atoms with van der Waals surface area (Å²) in [4.78, 5) is 0. The molecule has 0 radical (unpaired) electrons. The molecule has 0 N–H and O–H groups in total. The Bertz CT molecular complexity index is 130. The summed E-state index contributed by atoms with van der Waals surface area (Å²) in [5.41, 5.74) is 0. The molecule has 0 aliphatic heterocycles. The first-order valence-corrected chi connectivity index (χ1v) is 9.80. The van der Waals surface area contributed by atoms with Crippen LogP contribution in [-0.2, 0) is 6.03 Å². The third-order valence-corrected chi connectivity index (χ3v) is 0. The van der Waals surface area contributed by atoms with E-state index >= 15 is 0 Å². The van der Waals surface area contributed by atoms with E-state index in [1.807, 2.05) is 0 Å². The fraction of sp³-hybridized carbons (Fsp3) is 0. The van der Waals surface area contributed by atoms with Gasteiger partial charge in [0.2, 0.25) is 0 Å². The van der Waals surface area contributed by atoms with Crippen LogP contribution < -0.4 is 20.3 Å². The third-order valence-electron chi connectivity index (χ3n) is 0. The van der Waals surface area contributed by atoms with E-state index in [1.165, 1.54) is 0 Å². The van der Waals surface area contributed by atoms with Gasteiger partial charge in [0.1, 0.15) is 0 Å². The first-order chi connectivity index (χ1) is 4.00. The van der Waals surface area contributed by atoms with Crippen LogP contribution in [0.3, 0.4) is 0 Å². The molecule has 0 aromatic rings. The molecule has 0 rings (SSSR count). The van der Waals surface area contributed by atoms with Crippen molar-refractivity contribution < 1.29 is 120 Å². The van der Waals surface area contributed by atoms with Crippen molar-refractivity contribution in [2.24, 2.45) is 0 Å². The molecule has 0 aromatic heterocycles. The Balaban J connectivity index is -0.0000000267. The molecular formula is O8Sb2U3. The molecule has 0 fully saturated rings. The SMILES string of the molecule is [O]=[Sb]([O-])([O-])[O-].[O]=[Sb]([O-])([O-])[O-].[U+2].[U+2].[U+2]. The van der Waals surface area contributed by atoms with Gasteiger partial charge in [-0.3, -0.25) is 0 Å². The molecule has 13 heavy (non-hydrogen) atoms. The Labute approximate surface area is 156 Å². The summed E-state index contributed by atoms with van der Waals surface area (Å²) in [6.45, 7) is 0. The molecule has 0 heterocycles. The fourth-order valence-electron chi connectivity index (χ4n) is 0. The van der Waals surface area contributed by atoms with Crippen LogP contribution in [0, 0.1) is 93.3 Å². The van der Waals surface area contributed by atoms with Gasteiger partial charge in [0.25, 0.3) is 0 Å². The smallest absolute Gasteiger partial charge is 2.00 e. The van der Waals surface area contributed by atoms with E-state index in [1.54, 1.807) is 0 Å². The van der Waals surface area contributed by atoms with E-state index in [9.17, 15) is 0 Å². The maximum atomic E-state index is 8.64. The van der Waals surface area contributed by atoms with Crippen LogP contribution in [0.2, 0.25) is 0 Å². The van der Waals surface area contributed by atoms with Gasteiger partial charge in [-0.1, -0.05) is 0 Å². The molecule has 8 nitrogen and oxygen atoms in total. The van der Waals surface area contributed by atoms with Gasteiger partial charge in [0.15, 0.2) is 0 Å². The maximum absolute atomic E-state index is 8.64. The van der Waals surface area contributed by atoms with Crippen LogP contribution in [0.5, 0.6) is 0 Å². The van der Waals surface area contributed by atoms with E-state index in [4.69, 9.17) is 26.3 Å². The Kier molecular flexibility index (Phi) is 33.1. The largest absolute Gasteiger partial charge is 2.00 e. The quantitative estimate of drug-likeness (QED) is 0.216. The zero-order valence-electron chi connectivity index (χ0n) is 5.66. The Morgan fingerprint density at radius 1 is 0.538 bits per heavy atom. The fourth-order valence-corrected chi connectivity index (χ4v) is 0. The summed E-state index contributed by atoms with van der Waals surface area (Å²) in [7, 11) is 0. The molecule has 70 valence electrons. The van der Waals surface area contributed by atoms with Crippen molar-refractivity contribution in [3.63, 3.8) is 0 Å². The first kappa shape index (κ1) is 30.3. The van der Waals surface area contributed by atoms with Gasteiger partial charge in [-0.25, -0.2) is 0 Å². The van der Waals surface area contributed by atoms with E-state index in [0.29, 0.717) is 0 Å². The minimum absolute atomic E-state index is 0. The van der Waals surface area contributed by atoms with Gasteiger partial charge in [0.05, 0.1) is 0 Å². The van der Waals surface area contributed by atoms with Gasteiger partial charge >= 0.3 is 160 Å². The van der Waals surface area contributed by atoms with Crippen molar-refractivity contribution >= 4 is 40.1 Å². The van der Waals surface area contributed by atoms with Crippen LogP contribution in [-0.4, -0.2) is 40.1 Å². The van der Waals surface area contributed by atoms with Crippen molar-refractivity contribution in [2.45, 2.75) is 0 Å². The minimum atomic E-state index is -6.10. The average molecular weight is 1090 g/mol. The molecule has 0 saturated carbocycles. The summed E-state index contributed by atoms with van der Waals surface area (Å²) in [6.07, 6.45) is 0. The molecule has 0 atom stereocenters. The standard InChI is InChI=1S/8O.2Sb.3U/q;;6*-1;;;3*+2. The number of hydrogen-bond acceptors (Lipinski definition) is 8. The molecular weight excluding hydrogens is 1090 g/mol. The Morgan fingerprint density at radius 3 is 0.538 bits per heavy atom. The van der Waals surface area contributed by atoms with Gasteiger partial charge in [-0.2, -0.15) is 0 Å². The van der Waals surface area contributed by atoms with Gasteiger partial charge in [0, 0.05) is 0 Å². The molecule has 0 unspecified atom stereocenters. The summed E-state index contributed by atoms with van der Waals surface area (Å²) in [5, 5.41) is 0. The predicted octanol–water partition coefficient (Wildman–Crippen LogP) is -8.13. The van der Waals surface area contributed by atoms with Gasteiger partial charge in [-0.05, 0) is 0 Å². The van der Waals surface area contributed by atoms with Crippen LogP contribution in [0.15, 0.2) is 0 Å². The van der Waals surface area contributed by atoms with Crippen LogP contribution >= 0.6 is 0 Å². The van der Waals surface area contributed by atoms with E-state index in [-0.39, 0.29) is 93.3 Å². The molecule has 0 aliphatic rings. The zero-order chi connectivity index (χ0) is 9.00. The monoisotopic (exact) mass is 1080 g/mol. The van der Waals surface area contributed by atoms with Gasteiger partial charge < -0.3 is 0 Å². The van der Waals surface area contributed by atoms with Gasteiger partial charge in [-0.15, -0.1) is 0 Å². The summed E-state index contributed by atoms with van der Waals surface area (Å²) < 4.78 is 69.1. The summed E-state index contributed by atoms with van der Waals surface area (Å²) >= 11 is -12.2. The van der Waals surface area contributed by atoms with Crippen LogP contribution in [0.4, 0.5) is 0 Å². The molecule has 13 heteroatoms. The normalized spacial score (nSPS) is 9.08. The van der Waals surface area contributed by atoms with Crippen molar-refractivity contribution in [2.75, 3.05) is 0 Å². The van der Waals surface area contributed by atoms with E-state index < -0.39 is 40.1 Å². The molecule has 0 spiro atoms. The first-order valence-electron chi connectivity index (χ1n) is 1.46. The summed E-state index contributed by atoms with van der Waals surface area (Å²) in [5.74, 6) is 0. The second kappa shape index (κ2) is 14.2. The van der Waals surface area contributed by atoms with Crippen LogP contribution in [0.1, 0.15) is 0 Å². The predicted molar refractivity (Wildman–Crippen MR) is 12.9 cm³/mol. The Hall–Kier alpha value is 4.15. The van der Waals surface area contributed by atoms with Crippen molar-refractivity contribution in [3.05, 3.63) is 0 Å².